The Morgan fingerprint density at radius 2 is 2.00 bits per heavy atom. The van der Waals surface area contributed by atoms with Gasteiger partial charge in [0, 0.05) is 17.2 Å². The Morgan fingerprint density at radius 1 is 1.40 bits per heavy atom. The van der Waals surface area contributed by atoms with Gasteiger partial charge in [0.05, 0.1) is 7.11 Å². The topological polar surface area (TPSA) is 35.2 Å². The van der Waals surface area contributed by atoms with Crippen molar-refractivity contribution in [3.8, 4) is 5.75 Å². The van der Waals surface area contributed by atoms with Gasteiger partial charge in [-0.1, -0.05) is 19.9 Å². The maximum absolute atomic E-state index is 13.8. The molecular formula is C12H16FNO. The van der Waals surface area contributed by atoms with E-state index in [9.17, 15) is 4.39 Å². The van der Waals surface area contributed by atoms with Gasteiger partial charge >= 0.3 is 0 Å². The molecule has 0 aliphatic heterocycles. The van der Waals surface area contributed by atoms with Gasteiger partial charge in [-0.3, -0.25) is 0 Å². The molecule has 1 aliphatic rings. The van der Waals surface area contributed by atoms with Crippen LogP contribution in [-0.2, 0) is 5.54 Å². The van der Waals surface area contributed by atoms with E-state index in [0.717, 1.165) is 6.42 Å². The minimum atomic E-state index is -0.511. The third-order valence-electron chi connectivity index (χ3n) is 3.46. The van der Waals surface area contributed by atoms with Crippen molar-refractivity contribution in [3.63, 3.8) is 0 Å². The molecule has 0 saturated heterocycles. The molecule has 2 N–H and O–H groups in total. The Balaban J connectivity index is 2.39. The summed E-state index contributed by atoms with van der Waals surface area (Å²) in [6.07, 6.45) is 0.823. The highest BCUT2D eigenvalue weighted by Crippen LogP contribution is 2.60. The van der Waals surface area contributed by atoms with Crippen molar-refractivity contribution in [2.75, 3.05) is 7.11 Å². The standard InChI is InChI=1S/C12H16FNO/c1-11(2)7-12(11,14)9-5-4-8(15-3)6-10(9)13/h4-6H,7,14H2,1-3H3. The molecular weight excluding hydrogens is 193 g/mol. The normalized spacial score (nSPS) is 27.5. The molecule has 1 aliphatic carbocycles. The van der Waals surface area contributed by atoms with Crippen LogP contribution in [0.2, 0.25) is 0 Å². The number of nitrogens with two attached hydrogens (primary N) is 1. The maximum Gasteiger partial charge on any atom is 0.131 e. The summed E-state index contributed by atoms with van der Waals surface area (Å²) in [6, 6.07) is 4.86. The lowest BCUT2D eigenvalue weighted by Crippen LogP contribution is -2.26. The maximum atomic E-state index is 13.8. The first kappa shape index (κ1) is 10.4. The molecule has 0 heterocycles. The van der Waals surface area contributed by atoms with Gasteiger partial charge in [0.2, 0.25) is 0 Å². The van der Waals surface area contributed by atoms with Crippen LogP contribution in [0, 0.1) is 11.2 Å². The summed E-state index contributed by atoms with van der Waals surface area (Å²) in [7, 11) is 1.52. The lowest BCUT2D eigenvalue weighted by Gasteiger charge is -2.16. The van der Waals surface area contributed by atoms with Crippen LogP contribution in [0.25, 0.3) is 0 Å². The highest BCUT2D eigenvalue weighted by Gasteiger charge is 2.60. The van der Waals surface area contributed by atoms with Crippen LogP contribution >= 0.6 is 0 Å². The molecule has 82 valence electrons. The molecule has 0 amide bonds. The zero-order valence-electron chi connectivity index (χ0n) is 9.30. The second kappa shape index (κ2) is 2.95. The smallest absolute Gasteiger partial charge is 0.131 e. The monoisotopic (exact) mass is 209 g/mol. The van der Waals surface area contributed by atoms with Crippen LogP contribution in [0.5, 0.6) is 5.75 Å². The lowest BCUT2D eigenvalue weighted by molar-refractivity contribution is 0.408. The first-order chi connectivity index (χ1) is 6.90. The van der Waals surface area contributed by atoms with Crippen LogP contribution in [0.1, 0.15) is 25.8 Å². The summed E-state index contributed by atoms with van der Waals surface area (Å²) in [5, 5.41) is 0. The van der Waals surface area contributed by atoms with Crippen LogP contribution in [0.3, 0.4) is 0 Å². The van der Waals surface area contributed by atoms with E-state index in [-0.39, 0.29) is 11.2 Å². The van der Waals surface area contributed by atoms with E-state index in [1.54, 1.807) is 12.1 Å². The number of benzene rings is 1. The molecule has 0 spiro atoms. The first-order valence-corrected chi connectivity index (χ1v) is 5.04. The van der Waals surface area contributed by atoms with E-state index < -0.39 is 5.54 Å². The van der Waals surface area contributed by atoms with Gasteiger partial charge in [0.15, 0.2) is 0 Å². The Labute approximate surface area is 89.2 Å². The van der Waals surface area contributed by atoms with Gasteiger partial charge in [-0.2, -0.15) is 0 Å². The third-order valence-corrected chi connectivity index (χ3v) is 3.46. The molecule has 0 radical (unpaired) electrons. The molecule has 1 saturated carbocycles. The van der Waals surface area contributed by atoms with Crippen molar-refractivity contribution in [2.24, 2.45) is 11.1 Å². The van der Waals surface area contributed by atoms with Crippen molar-refractivity contribution in [1.82, 2.24) is 0 Å². The SMILES string of the molecule is COc1ccc(C2(N)CC2(C)C)c(F)c1. The molecule has 1 fully saturated rings. The van der Waals surface area contributed by atoms with Gasteiger partial charge in [0.1, 0.15) is 11.6 Å². The number of ether oxygens (including phenoxy) is 1. The van der Waals surface area contributed by atoms with Gasteiger partial charge in [-0.15, -0.1) is 0 Å². The fourth-order valence-electron chi connectivity index (χ4n) is 2.10. The summed E-state index contributed by atoms with van der Waals surface area (Å²) in [5.74, 6) is 0.251. The highest BCUT2D eigenvalue weighted by atomic mass is 19.1. The van der Waals surface area contributed by atoms with Crippen LogP contribution in [0.15, 0.2) is 18.2 Å². The zero-order chi connectivity index (χ0) is 11.3. The molecule has 0 aromatic heterocycles. The van der Waals surface area contributed by atoms with E-state index >= 15 is 0 Å². The average molecular weight is 209 g/mol. The number of rotatable bonds is 2. The second-order valence-corrected chi connectivity index (χ2v) is 4.88. The quantitative estimate of drug-likeness (QED) is 0.811. The number of halogens is 1. The second-order valence-electron chi connectivity index (χ2n) is 4.88. The zero-order valence-corrected chi connectivity index (χ0v) is 9.30. The Kier molecular flexibility index (Phi) is 2.05. The van der Waals surface area contributed by atoms with E-state index in [0.29, 0.717) is 11.3 Å². The van der Waals surface area contributed by atoms with E-state index in [1.807, 2.05) is 0 Å². The number of hydrogen-bond acceptors (Lipinski definition) is 2. The molecule has 0 bridgehead atoms. The average Bonchev–Trinajstić information content (AvgIpc) is 2.66. The fraction of sp³-hybridized carbons (Fsp3) is 0.500. The van der Waals surface area contributed by atoms with Gasteiger partial charge in [-0.25, -0.2) is 4.39 Å². The van der Waals surface area contributed by atoms with Crippen LogP contribution in [-0.4, -0.2) is 7.11 Å². The summed E-state index contributed by atoms with van der Waals surface area (Å²) in [6.45, 7) is 4.10. The number of hydrogen-bond donors (Lipinski definition) is 1. The van der Waals surface area contributed by atoms with E-state index in [1.165, 1.54) is 13.2 Å². The van der Waals surface area contributed by atoms with E-state index in [2.05, 4.69) is 13.8 Å². The Morgan fingerprint density at radius 3 is 2.40 bits per heavy atom. The Hall–Kier alpha value is -1.09. The summed E-state index contributed by atoms with van der Waals surface area (Å²) >= 11 is 0. The molecule has 1 aromatic carbocycles. The Bertz CT molecular complexity index is 403. The molecule has 1 aromatic rings. The third kappa shape index (κ3) is 1.42. The summed E-state index contributed by atoms with van der Waals surface area (Å²) in [4.78, 5) is 0. The predicted octanol–water partition coefficient (Wildman–Crippen LogP) is 2.42. The largest absolute Gasteiger partial charge is 0.497 e. The summed E-state index contributed by atoms with van der Waals surface area (Å²) in [5.41, 5.74) is 6.23. The van der Waals surface area contributed by atoms with Gasteiger partial charge in [0.25, 0.3) is 0 Å². The van der Waals surface area contributed by atoms with E-state index in [4.69, 9.17) is 10.5 Å². The molecule has 15 heavy (non-hydrogen) atoms. The minimum absolute atomic E-state index is 0.0115. The predicted molar refractivity (Wildman–Crippen MR) is 57.2 cm³/mol. The molecule has 1 atom stereocenters. The van der Waals surface area contributed by atoms with Crippen LogP contribution < -0.4 is 10.5 Å². The van der Waals surface area contributed by atoms with Crippen molar-refractivity contribution in [1.29, 1.82) is 0 Å². The molecule has 1 unspecified atom stereocenters. The number of methoxy groups -OCH3 is 1. The molecule has 3 heteroatoms. The van der Waals surface area contributed by atoms with Crippen LogP contribution in [0.4, 0.5) is 4.39 Å². The summed E-state index contributed by atoms with van der Waals surface area (Å²) < 4.78 is 18.7. The van der Waals surface area contributed by atoms with Crippen molar-refractivity contribution in [3.05, 3.63) is 29.6 Å². The van der Waals surface area contributed by atoms with Gasteiger partial charge in [-0.05, 0) is 17.9 Å². The lowest BCUT2D eigenvalue weighted by atomic mass is 9.96. The van der Waals surface area contributed by atoms with Gasteiger partial charge < -0.3 is 10.5 Å². The van der Waals surface area contributed by atoms with Crippen molar-refractivity contribution in [2.45, 2.75) is 25.8 Å². The molecule has 2 nitrogen and oxygen atoms in total. The first-order valence-electron chi connectivity index (χ1n) is 5.04. The fourth-order valence-corrected chi connectivity index (χ4v) is 2.10. The van der Waals surface area contributed by atoms with Crippen molar-refractivity contribution >= 4 is 0 Å². The highest BCUT2D eigenvalue weighted by molar-refractivity contribution is 5.39. The van der Waals surface area contributed by atoms with Crippen molar-refractivity contribution < 1.29 is 9.13 Å². The molecule has 2 rings (SSSR count). The minimum Gasteiger partial charge on any atom is -0.497 e.